The fourth-order valence-corrected chi connectivity index (χ4v) is 5.01. The Labute approximate surface area is 231 Å². The molecule has 208 valence electrons. The zero-order valence-electron chi connectivity index (χ0n) is 23.0. The summed E-state index contributed by atoms with van der Waals surface area (Å²) in [6, 6.07) is 23.2. The summed E-state index contributed by atoms with van der Waals surface area (Å²) in [7, 11) is -3.81. The van der Waals surface area contributed by atoms with Crippen LogP contribution in [-0.4, -0.2) is 50.5 Å². The number of carbonyl (C=O) groups excluding carboxylic acids is 2. The number of nitrogens with one attached hydrogen (secondary N) is 1. The Kier molecular flexibility index (Phi) is 10.5. The third-order valence-electron chi connectivity index (χ3n) is 6.26. The maximum Gasteiger partial charge on any atom is 0.244 e. The highest BCUT2D eigenvalue weighted by Crippen LogP contribution is 2.23. The van der Waals surface area contributed by atoms with Crippen LogP contribution in [0.15, 0.2) is 78.9 Å². The first-order valence-corrected chi connectivity index (χ1v) is 14.8. The number of hydrogen-bond acceptors (Lipinski definition) is 5. The van der Waals surface area contributed by atoms with Crippen molar-refractivity contribution < 1.29 is 22.7 Å². The van der Waals surface area contributed by atoms with E-state index in [4.69, 9.17) is 4.74 Å². The zero-order valence-corrected chi connectivity index (χ0v) is 23.8. The minimum absolute atomic E-state index is 0.179. The fourth-order valence-electron chi connectivity index (χ4n) is 4.16. The van der Waals surface area contributed by atoms with Gasteiger partial charge in [-0.05, 0) is 55.7 Å². The Morgan fingerprint density at radius 1 is 0.897 bits per heavy atom. The second-order valence-electron chi connectivity index (χ2n) is 9.36. The molecule has 0 aromatic heterocycles. The van der Waals surface area contributed by atoms with Gasteiger partial charge in [-0.2, -0.15) is 0 Å². The van der Waals surface area contributed by atoms with Gasteiger partial charge in [0.15, 0.2) is 0 Å². The molecule has 0 aliphatic heterocycles. The van der Waals surface area contributed by atoms with Gasteiger partial charge in [-0.25, -0.2) is 8.42 Å². The van der Waals surface area contributed by atoms with Gasteiger partial charge in [-0.1, -0.05) is 67.1 Å². The molecule has 9 heteroatoms. The summed E-state index contributed by atoms with van der Waals surface area (Å²) in [4.78, 5) is 28.0. The normalized spacial score (nSPS) is 11.9. The fraction of sp³-hybridized carbons (Fsp3) is 0.333. The number of sulfonamides is 1. The van der Waals surface area contributed by atoms with Crippen LogP contribution in [0.5, 0.6) is 5.75 Å². The van der Waals surface area contributed by atoms with Gasteiger partial charge in [0, 0.05) is 13.1 Å². The summed E-state index contributed by atoms with van der Waals surface area (Å²) < 4.78 is 32.5. The maximum absolute atomic E-state index is 13.7. The molecule has 8 nitrogen and oxygen atoms in total. The number of nitrogens with zero attached hydrogens (tertiary/aromatic N) is 2. The smallest absolute Gasteiger partial charge is 0.244 e. The van der Waals surface area contributed by atoms with E-state index in [1.54, 1.807) is 24.3 Å². The molecule has 3 aromatic carbocycles. The van der Waals surface area contributed by atoms with Crippen LogP contribution < -0.4 is 14.4 Å². The molecule has 0 unspecified atom stereocenters. The molecule has 3 rings (SSSR count). The van der Waals surface area contributed by atoms with E-state index in [9.17, 15) is 18.0 Å². The molecule has 2 amide bonds. The van der Waals surface area contributed by atoms with Crippen molar-refractivity contribution in [2.75, 3.05) is 23.7 Å². The van der Waals surface area contributed by atoms with Crippen LogP contribution in [0.4, 0.5) is 5.69 Å². The molecule has 39 heavy (non-hydrogen) atoms. The molecular weight excluding hydrogens is 514 g/mol. The number of carbonyl (C=O) groups is 2. The highest BCUT2D eigenvalue weighted by molar-refractivity contribution is 7.92. The van der Waals surface area contributed by atoms with Crippen molar-refractivity contribution in [2.45, 2.75) is 46.4 Å². The number of aryl methyl sites for hydroxylation is 1. The van der Waals surface area contributed by atoms with Crippen LogP contribution in [0, 0.1) is 6.92 Å². The summed E-state index contributed by atoms with van der Waals surface area (Å²) in [5.41, 5.74) is 3.27. The average molecular weight is 552 g/mol. The number of ether oxygens (including phenoxy) is 1. The van der Waals surface area contributed by atoms with Crippen molar-refractivity contribution in [3.8, 4) is 5.75 Å². The van der Waals surface area contributed by atoms with Crippen molar-refractivity contribution in [1.82, 2.24) is 10.2 Å². The van der Waals surface area contributed by atoms with E-state index in [2.05, 4.69) is 5.32 Å². The van der Waals surface area contributed by atoms with Gasteiger partial charge in [0.1, 0.15) is 24.9 Å². The second-order valence-corrected chi connectivity index (χ2v) is 11.3. The molecule has 0 saturated heterocycles. The molecule has 0 radical (unpaired) electrons. The average Bonchev–Trinajstić information content (AvgIpc) is 2.92. The molecule has 1 atom stereocenters. The maximum atomic E-state index is 13.7. The van der Waals surface area contributed by atoms with Gasteiger partial charge in [0.25, 0.3) is 0 Å². The van der Waals surface area contributed by atoms with Crippen molar-refractivity contribution in [3.63, 3.8) is 0 Å². The lowest BCUT2D eigenvalue weighted by Crippen LogP contribution is -2.52. The van der Waals surface area contributed by atoms with Crippen LogP contribution >= 0.6 is 0 Å². The summed E-state index contributed by atoms with van der Waals surface area (Å²) in [6.45, 7) is 6.16. The van der Waals surface area contributed by atoms with Crippen LogP contribution in [0.1, 0.15) is 37.0 Å². The molecule has 0 heterocycles. The molecule has 0 aliphatic carbocycles. The van der Waals surface area contributed by atoms with Gasteiger partial charge < -0.3 is 15.0 Å². The molecule has 1 N–H and O–H groups in total. The third-order valence-corrected chi connectivity index (χ3v) is 7.40. The Hall–Kier alpha value is -3.85. The van der Waals surface area contributed by atoms with E-state index in [-0.39, 0.29) is 12.5 Å². The van der Waals surface area contributed by atoms with E-state index >= 15 is 0 Å². The SMILES string of the molecule is CCNC(=O)[C@@H](CC)N(Cc1ccc(C)cc1)C(=O)CN(c1ccc(OCc2ccccc2)cc1)S(C)(=O)=O. The van der Waals surface area contributed by atoms with E-state index in [0.717, 1.165) is 27.3 Å². The van der Waals surface area contributed by atoms with Gasteiger partial charge >= 0.3 is 0 Å². The van der Waals surface area contributed by atoms with E-state index in [1.807, 2.05) is 75.4 Å². The lowest BCUT2D eigenvalue weighted by Gasteiger charge is -2.32. The number of hydrogen-bond donors (Lipinski definition) is 1. The van der Waals surface area contributed by atoms with Crippen molar-refractivity contribution in [2.24, 2.45) is 0 Å². The summed E-state index contributed by atoms with van der Waals surface area (Å²) >= 11 is 0. The van der Waals surface area contributed by atoms with Crippen LogP contribution in [-0.2, 0) is 32.8 Å². The number of anilines is 1. The predicted octanol–water partition coefficient (Wildman–Crippen LogP) is 4.28. The van der Waals surface area contributed by atoms with Gasteiger partial charge in [0.2, 0.25) is 21.8 Å². The summed E-state index contributed by atoms with van der Waals surface area (Å²) in [5, 5.41) is 2.79. The third kappa shape index (κ3) is 8.58. The standard InChI is InChI=1S/C30H37N3O5S/c1-5-28(30(35)31-6-2)32(20-24-14-12-23(3)13-15-24)29(34)21-33(39(4,36)37)26-16-18-27(19-17-26)38-22-25-10-8-7-9-11-25/h7-19,28H,5-6,20-22H2,1-4H3,(H,31,35)/t28-/m1/s1. The number of benzene rings is 3. The van der Waals surface area contributed by atoms with Crippen LogP contribution in [0.2, 0.25) is 0 Å². The van der Waals surface area contributed by atoms with Crippen molar-refractivity contribution in [3.05, 3.63) is 95.6 Å². The van der Waals surface area contributed by atoms with E-state index in [0.29, 0.717) is 31.0 Å². The molecule has 0 aliphatic rings. The molecule has 0 saturated carbocycles. The monoisotopic (exact) mass is 551 g/mol. The lowest BCUT2D eigenvalue weighted by molar-refractivity contribution is -0.140. The Morgan fingerprint density at radius 2 is 1.54 bits per heavy atom. The van der Waals surface area contributed by atoms with Crippen LogP contribution in [0.25, 0.3) is 0 Å². The molecular formula is C30H37N3O5S. The highest BCUT2D eigenvalue weighted by Gasteiger charge is 2.31. The lowest BCUT2D eigenvalue weighted by atomic mass is 10.1. The van der Waals surface area contributed by atoms with Gasteiger partial charge in [-0.3, -0.25) is 13.9 Å². The molecule has 0 spiro atoms. The highest BCUT2D eigenvalue weighted by atomic mass is 32.2. The minimum atomic E-state index is -3.81. The van der Waals surface area contributed by atoms with Crippen LogP contribution in [0.3, 0.4) is 0 Å². The predicted molar refractivity (Wildman–Crippen MR) is 154 cm³/mol. The second kappa shape index (κ2) is 13.8. The quantitative estimate of drug-likeness (QED) is 0.342. The summed E-state index contributed by atoms with van der Waals surface area (Å²) in [5.74, 6) is -0.166. The zero-order chi connectivity index (χ0) is 28.4. The minimum Gasteiger partial charge on any atom is -0.489 e. The first kappa shape index (κ1) is 29.7. The van der Waals surface area contributed by atoms with Crippen molar-refractivity contribution in [1.29, 1.82) is 0 Å². The first-order chi connectivity index (χ1) is 18.6. The largest absolute Gasteiger partial charge is 0.489 e. The number of rotatable bonds is 13. The first-order valence-electron chi connectivity index (χ1n) is 13.0. The Morgan fingerprint density at radius 3 is 2.10 bits per heavy atom. The summed E-state index contributed by atoms with van der Waals surface area (Å²) in [6.07, 6.45) is 1.45. The number of likely N-dealkylation sites (N-methyl/N-ethyl adjacent to an activating group) is 1. The Bertz CT molecular complexity index is 1330. The molecule has 0 fully saturated rings. The Balaban J connectivity index is 1.83. The van der Waals surface area contributed by atoms with Gasteiger partial charge in [-0.15, -0.1) is 0 Å². The van der Waals surface area contributed by atoms with Crippen molar-refractivity contribution >= 4 is 27.5 Å². The molecule has 0 bridgehead atoms. The molecule has 3 aromatic rings. The topological polar surface area (TPSA) is 96.0 Å². The number of amides is 2. The van der Waals surface area contributed by atoms with Gasteiger partial charge in [0.05, 0.1) is 11.9 Å². The van der Waals surface area contributed by atoms with E-state index in [1.165, 1.54) is 4.90 Å². The van der Waals surface area contributed by atoms with E-state index < -0.39 is 28.5 Å².